The summed E-state index contributed by atoms with van der Waals surface area (Å²) < 4.78 is 29.1. The van der Waals surface area contributed by atoms with Crippen LogP contribution in [0.25, 0.3) is 0 Å². The molecule has 0 spiro atoms. The third-order valence-corrected chi connectivity index (χ3v) is 2.49. The molecule has 5 N–H and O–H groups in total. The van der Waals surface area contributed by atoms with E-state index >= 15 is 0 Å². The van der Waals surface area contributed by atoms with Gasteiger partial charge in [-0.05, 0) is 12.1 Å². The predicted octanol–water partition coefficient (Wildman–Crippen LogP) is -0.221. The van der Waals surface area contributed by atoms with Gasteiger partial charge in [-0.1, -0.05) is 0 Å². The first-order chi connectivity index (χ1) is 7.38. The van der Waals surface area contributed by atoms with Crippen molar-refractivity contribution in [2.75, 3.05) is 30.9 Å². The fraction of sp³-hybridized carbons (Fsp3) is 0.333. The molecule has 0 aliphatic rings. The highest BCUT2D eigenvalue weighted by molar-refractivity contribution is 7.88. The summed E-state index contributed by atoms with van der Waals surface area (Å²) in [5.74, 6) is 0.454. The first-order valence-electron chi connectivity index (χ1n) is 4.61. The molecule has 0 aliphatic carbocycles. The molecule has 0 aliphatic heterocycles. The molecule has 90 valence electrons. The van der Waals surface area contributed by atoms with Crippen LogP contribution in [-0.2, 0) is 10.0 Å². The highest BCUT2D eigenvalue weighted by Crippen LogP contribution is 2.23. The van der Waals surface area contributed by atoms with E-state index in [4.69, 9.17) is 16.2 Å². The van der Waals surface area contributed by atoms with E-state index < -0.39 is 10.0 Å². The van der Waals surface area contributed by atoms with Gasteiger partial charge in [-0.3, -0.25) is 0 Å². The van der Waals surface area contributed by atoms with Gasteiger partial charge >= 0.3 is 0 Å². The fourth-order valence-corrected chi connectivity index (χ4v) is 1.52. The quantitative estimate of drug-likeness (QED) is 0.491. The largest absolute Gasteiger partial charge is 0.490 e. The van der Waals surface area contributed by atoms with Crippen molar-refractivity contribution in [3.8, 4) is 5.75 Å². The van der Waals surface area contributed by atoms with Gasteiger partial charge in [0.2, 0.25) is 10.0 Å². The van der Waals surface area contributed by atoms with Gasteiger partial charge in [-0.2, -0.15) is 0 Å². The van der Waals surface area contributed by atoms with E-state index in [-0.39, 0.29) is 13.2 Å². The molecule has 0 bridgehead atoms. The first kappa shape index (κ1) is 12.6. The summed E-state index contributed by atoms with van der Waals surface area (Å²) in [6.07, 6.45) is 1.09. The minimum atomic E-state index is -3.18. The maximum Gasteiger partial charge on any atom is 0.208 e. The van der Waals surface area contributed by atoms with E-state index in [0.29, 0.717) is 17.1 Å². The van der Waals surface area contributed by atoms with Crippen LogP contribution in [0.3, 0.4) is 0 Å². The maximum absolute atomic E-state index is 10.8. The van der Waals surface area contributed by atoms with Gasteiger partial charge < -0.3 is 16.2 Å². The molecule has 16 heavy (non-hydrogen) atoms. The lowest BCUT2D eigenvalue weighted by molar-refractivity contribution is 0.325. The van der Waals surface area contributed by atoms with Crippen molar-refractivity contribution < 1.29 is 13.2 Å². The van der Waals surface area contributed by atoms with Crippen molar-refractivity contribution in [1.82, 2.24) is 4.72 Å². The molecule has 1 rings (SSSR count). The van der Waals surface area contributed by atoms with Crippen LogP contribution in [0.1, 0.15) is 0 Å². The third kappa shape index (κ3) is 4.37. The van der Waals surface area contributed by atoms with Crippen molar-refractivity contribution in [3.05, 3.63) is 18.2 Å². The highest BCUT2D eigenvalue weighted by atomic mass is 32.2. The molecule has 0 unspecified atom stereocenters. The Morgan fingerprint density at radius 2 is 2.06 bits per heavy atom. The number of hydrogen-bond acceptors (Lipinski definition) is 5. The van der Waals surface area contributed by atoms with E-state index in [9.17, 15) is 8.42 Å². The lowest BCUT2D eigenvalue weighted by atomic mass is 10.2. The number of anilines is 2. The lowest BCUT2D eigenvalue weighted by Crippen LogP contribution is -2.27. The molecule has 0 saturated carbocycles. The summed E-state index contributed by atoms with van der Waals surface area (Å²) in [7, 11) is -3.18. The summed E-state index contributed by atoms with van der Waals surface area (Å²) in [5.41, 5.74) is 12.2. The topological polar surface area (TPSA) is 107 Å². The molecular formula is C9H15N3O3S. The van der Waals surface area contributed by atoms with Crippen molar-refractivity contribution in [2.45, 2.75) is 0 Å². The fourth-order valence-electron chi connectivity index (χ4n) is 1.06. The second-order valence-electron chi connectivity index (χ2n) is 3.31. The summed E-state index contributed by atoms with van der Waals surface area (Å²) >= 11 is 0. The summed E-state index contributed by atoms with van der Waals surface area (Å²) in [5, 5.41) is 0. The molecule has 0 aromatic heterocycles. The Bertz CT molecular complexity index is 459. The lowest BCUT2D eigenvalue weighted by Gasteiger charge is -2.09. The van der Waals surface area contributed by atoms with Crippen LogP contribution in [0.15, 0.2) is 18.2 Å². The molecule has 6 nitrogen and oxygen atoms in total. The zero-order chi connectivity index (χ0) is 12.2. The van der Waals surface area contributed by atoms with Crippen molar-refractivity contribution in [2.24, 2.45) is 0 Å². The number of nitrogens with two attached hydrogens (primary N) is 2. The van der Waals surface area contributed by atoms with Crippen molar-refractivity contribution in [1.29, 1.82) is 0 Å². The standard InChI is InChI=1S/C9H15N3O3S/c1-16(13,14)12-4-5-15-9-6-7(10)2-3-8(9)11/h2-3,6,12H,4-5,10-11H2,1H3. The van der Waals surface area contributed by atoms with Gasteiger partial charge in [0, 0.05) is 18.3 Å². The minimum Gasteiger partial charge on any atom is -0.490 e. The van der Waals surface area contributed by atoms with Gasteiger partial charge in [0.25, 0.3) is 0 Å². The highest BCUT2D eigenvalue weighted by Gasteiger charge is 2.02. The molecule has 1 aromatic carbocycles. The van der Waals surface area contributed by atoms with E-state index in [0.717, 1.165) is 6.26 Å². The van der Waals surface area contributed by atoms with Gasteiger partial charge in [-0.25, -0.2) is 13.1 Å². The summed E-state index contributed by atoms with van der Waals surface area (Å²) in [6.45, 7) is 0.383. The second kappa shape index (κ2) is 5.04. The van der Waals surface area contributed by atoms with Crippen molar-refractivity contribution >= 4 is 21.4 Å². The second-order valence-corrected chi connectivity index (χ2v) is 5.15. The van der Waals surface area contributed by atoms with Gasteiger partial charge in [0.05, 0.1) is 11.9 Å². The molecule has 0 amide bonds. The molecule has 1 aromatic rings. The molecule has 0 fully saturated rings. The average molecular weight is 245 g/mol. The summed E-state index contributed by atoms with van der Waals surface area (Å²) in [4.78, 5) is 0. The number of benzene rings is 1. The number of hydrogen-bond donors (Lipinski definition) is 3. The number of nitrogen functional groups attached to an aromatic ring is 2. The molecular weight excluding hydrogens is 230 g/mol. The Morgan fingerprint density at radius 3 is 2.69 bits per heavy atom. The van der Waals surface area contributed by atoms with Gasteiger partial charge in [0.1, 0.15) is 12.4 Å². The first-order valence-corrected chi connectivity index (χ1v) is 6.50. The number of sulfonamides is 1. The zero-order valence-corrected chi connectivity index (χ0v) is 9.75. The van der Waals surface area contributed by atoms with E-state index in [1.165, 1.54) is 0 Å². The van der Waals surface area contributed by atoms with Crippen molar-refractivity contribution in [3.63, 3.8) is 0 Å². The van der Waals surface area contributed by atoms with E-state index in [1.54, 1.807) is 18.2 Å². The summed E-state index contributed by atoms with van der Waals surface area (Å²) in [6, 6.07) is 4.89. The normalized spacial score (nSPS) is 11.3. The Morgan fingerprint density at radius 1 is 1.38 bits per heavy atom. The van der Waals surface area contributed by atoms with Gasteiger partial charge in [-0.15, -0.1) is 0 Å². The van der Waals surface area contributed by atoms with Crippen LogP contribution in [-0.4, -0.2) is 27.8 Å². The van der Waals surface area contributed by atoms with Gasteiger partial charge in [0.15, 0.2) is 0 Å². The molecule has 7 heteroatoms. The van der Waals surface area contributed by atoms with Crippen LogP contribution >= 0.6 is 0 Å². The maximum atomic E-state index is 10.8. The predicted molar refractivity (Wildman–Crippen MR) is 63.6 cm³/mol. The van der Waals surface area contributed by atoms with Crippen LogP contribution in [0.4, 0.5) is 11.4 Å². The number of ether oxygens (including phenoxy) is 1. The molecule has 0 radical (unpaired) electrons. The molecule has 0 saturated heterocycles. The Hall–Kier alpha value is -1.47. The number of rotatable bonds is 5. The monoisotopic (exact) mass is 245 g/mol. The Balaban J connectivity index is 2.46. The smallest absolute Gasteiger partial charge is 0.208 e. The Kier molecular flexibility index (Phi) is 3.97. The number of nitrogens with one attached hydrogen (secondary N) is 1. The van der Waals surface area contributed by atoms with Crippen LogP contribution < -0.4 is 20.9 Å². The minimum absolute atomic E-state index is 0.188. The van der Waals surface area contributed by atoms with E-state index in [2.05, 4.69) is 4.72 Å². The SMILES string of the molecule is CS(=O)(=O)NCCOc1cc(N)ccc1N. The van der Waals surface area contributed by atoms with E-state index in [1.807, 2.05) is 0 Å². The Labute approximate surface area is 94.6 Å². The van der Waals surface area contributed by atoms with Crippen LogP contribution in [0.2, 0.25) is 0 Å². The molecule has 0 atom stereocenters. The zero-order valence-electron chi connectivity index (χ0n) is 8.93. The molecule has 0 heterocycles. The average Bonchev–Trinajstić information content (AvgIpc) is 2.16. The van der Waals surface area contributed by atoms with Crippen LogP contribution in [0.5, 0.6) is 5.75 Å². The third-order valence-electron chi connectivity index (χ3n) is 1.76. The van der Waals surface area contributed by atoms with Crippen LogP contribution in [0, 0.1) is 0 Å².